The molecule has 2 aromatic carbocycles. The first-order valence-corrected chi connectivity index (χ1v) is 8.81. The second-order valence-corrected chi connectivity index (χ2v) is 6.29. The second kappa shape index (κ2) is 8.78. The predicted molar refractivity (Wildman–Crippen MR) is 111 cm³/mol. The van der Waals surface area contributed by atoms with Crippen LogP contribution in [0.15, 0.2) is 54.6 Å². The molecule has 6 heteroatoms. The van der Waals surface area contributed by atoms with Gasteiger partial charge in [0.05, 0.1) is 25.0 Å². The summed E-state index contributed by atoms with van der Waals surface area (Å²) in [6.45, 7) is 0.244. The molecule has 0 unspecified atom stereocenters. The van der Waals surface area contributed by atoms with Crippen LogP contribution in [0, 0.1) is 11.8 Å². The van der Waals surface area contributed by atoms with E-state index in [9.17, 15) is 4.79 Å². The minimum absolute atomic E-state index is 0.244. The Balaban J connectivity index is 1.63. The summed E-state index contributed by atoms with van der Waals surface area (Å²) in [5, 5.41) is 9.76. The number of nitrogens with one attached hydrogen (secondary N) is 2. The molecule has 28 heavy (non-hydrogen) atoms. The summed E-state index contributed by atoms with van der Waals surface area (Å²) in [5.41, 5.74) is 3.89. The lowest BCUT2D eigenvalue weighted by Gasteiger charge is -2.13. The van der Waals surface area contributed by atoms with Crippen molar-refractivity contribution in [2.45, 2.75) is 0 Å². The quantitative estimate of drug-likeness (QED) is 0.674. The van der Waals surface area contributed by atoms with Crippen molar-refractivity contribution in [3.8, 4) is 28.8 Å². The van der Waals surface area contributed by atoms with Crippen molar-refractivity contribution in [3.05, 3.63) is 65.9 Å². The number of carbonyl (C=O) groups excluding carboxylic acids is 1. The number of para-hydroxylation sites is 1. The molecule has 0 aliphatic carbocycles. The zero-order valence-electron chi connectivity index (χ0n) is 16.1. The van der Waals surface area contributed by atoms with Crippen LogP contribution in [-0.2, 0) is 0 Å². The van der Waals surface area contributed by atoms with E-state index in [0.717, 1.165) is 22.6 Å². The van der Waals surface area contributed by atoms with Crippen LogP contribution in [-0.4, -0.2) is 43.9 Å². The van der Waals surface area contributed by atoms with Crippen molar-refractivity contribution >= 4 is 11.6 Å². The Morgan fingerprint density at radius 2 is 2.00 bits per heavy atom. The minimum atomic E-state index is -0.253. The van der Waals surface area contributed by atoms with Gasteiger partial charge in [-0.25, -0.2) is 0 Å². The number of hydrogen-bond donors (Lipinski definition) is 2. The van der Waals surface area contributed by atoms with Crippen molar-refractivity contribution in [1.29, 1.82) is 0 Å². The molecule has 142 valence electrons. The molecule has 1 amide bonds. The fourth-order valence-electron chi connectivity index (χ4n) is 2.70. The molecule has 0 aliphatic heterocycles. The first-order chi connectivity index (χ1) is 13.6. The minimum Gasteiger partial charge on any atom is -0.497 e. The summed E-state index contributed by atoms with van der Waals surface area (Å²) < 4.78 is 5.22. The first-order valence-electron chi connectivity index (χ1n) is 8.81. The topological polar surface area (TPSA) is 70.2 Å². The van der Waals surface area contributed by atoms with Gasteiger partial charge in [0.25, 0.3) is 5.91 Å². The molecule has 0 saturated carbocycles. The van der Waals surface area contributed by atoms with Crippen LogP contribution >= 0.6 is 0 Å². The molecule has 1 heterocycles. The molecule has 0 aliphatic rings. The van der Waals surface area contributed by atoms with Gasteiger partial charge in [-0.2, -0.15) is 5.10 Å². The molecule has 0 atom stereocenters. The zero-order valence-corrected chi connectivity index (χ0v) is 16.1. The maximum absolute atomic E-state index is 12.3. The highest BCUT2D eigenvalue weighted by Gasteiger charge is 2.10. The van der Waals surface area contributed by atoms with Crippen molar-refractivity contribution in [2.75, 3.05) is 32.6 Å². The number of rotatable bonds is 5. The summed E-state index contributed by atoms with van der Waals surface area (Å²) in [5.74, 6) is 6.57. The number of aromatic amines is 1. The van der Waals surface area contributed by atoms with Crippen LogP contribution in [0.3, 0.4) is 0 Å². The lowest BCUT2D eigenvalue weighted by atomic mass is 10.1. The van der Waals surface area contributed by atoms with Gasteiger partial charge in [0, 0.05) is 25.2 Å². The van der Waals surface area contributed by atoms with Gasteiger partial charge in [-0.15, -0.1) is 0 Å². The van der Waals surface area contributed by atoms with Crippen LogP contribution in [0.2, 0.25) is 0 Å². The lowest BCUT2D eigenvalue weighted by Crippen LogP contribution is -2.23. The molecule has 0 spiro atoms. The number of hydrogen-bond acceptors (Lipinski definition) is 4. The number of carbonyl (C=O) groups is 1. The average Bonchev–Trinajstić information content (AvgIpc) is 3.22. The Morgan fingerprint density at radius 3 is 2.79 bits per heavy atom. The third-order valence-electron chi connectivity index (χ3n) is 4.13. The number of aromatic nitrogens is 2. The SMILES string of the molecule is COc1cccc(-c2cc(C(=O)NCC#Cc3ccccc3N(C)C)[nH]n2)c1. The van der Waals surface area contributed by atoms with Crippen molar-refractivity contribution in [3.63, 3.8) is 0 Å². The molecule has 0 fully saturated rings. The molecule has 0 bridgehead atoms. The molecular formula is C22H22N4O2. The third kappa shape index (κ3) is 4.51. The van der Waals surface area contributed by atoms with Gasteiger partial charge in [0.15, 0.2) is 0 Å². The van der Waals surface area contributed by atoms with E-state index in [2.05, 4.69) is 27.4 Å². The Morgan fingerprint density at radius 1 is 1.18 bits per heavy atom. The maximum Gasteiger partial charge on any atom is 0.270 e. The average molecular weight is 374 g/mol. The maximum atomic E-state index is 12.3. The molecule has 1 aromatic heterocycles. The lowest BCUT2D eigenvalue weighted by molar-refractivity contribution is 0.0953. The highest BCUT2D eigenvalue weighted by molar-refractivity contribution is 5.93. The molecule has 0 saturated heterocycles. The number of benzene rings is 2. The van der Waals surface area contributed by atoms with Gasteiger partial charge in [-0.1, -0.05) is 36.1 Å². The smallest absolute Gasteiger partial charge is 0.270 e. The fourth-order valence-corrected chi connectivity index (χ4v) is 2.70. The third-order valence-corrected chi connectivity index (χ3v) is 4.13. The van der Waals surface area contributed by atoms with E-state index >= 15 is 0 Å². The van der Waals surface area contributed by atoms with Gasteiger partial charge in [0.1, 0.15) is 11.4 Å². The summed E-state index contributed by atoms with van der Waals surface area (Å²) in [7, 11) is 5.56. The van der Waals surface area contributed by atoms with Gasteiger partial charge < -0.3 is 15.0 Å². The number of nitrogens with zero attached hydrogens (tertiary/aromatic N) is 2. The molecule has 6 nitrogen and oxygen atoms in total. The fraction of sp³-hybridized carbons (Fsp3) is 0.182. The molecule has 2 N–H and O–H groups in total. The normalized spacial score (nSPS) is 9.96. The Bertz CT molecular complexity index is 1030. The number of anilines is 1. The monoisotopic (exact) mass is 374 g/mol. The van der Waals surface area contributed by atoms with Crippen LogP contribution in [0.25, 0.3) is 11.3 Å². The molecule has 0 radical (unpaired) electrons. The number of amides is 1. The molecular weight excluding hydrogens is 352 g/mol. The van der Waals surface area contributed by atoms with Crippen LogP contribution in [0.1, 0.15) is 16.1 Å². The summed E-state index contributed by atoms with van der Waals surface area (Å²) >= 11 is 0. The number of ether oxygens (including phenoxy) is 1. The van der Waals surface area contributed by atoms with Gasteiger partial charge in [-0.05, 0) is 30.3 Å². The van der Waals surface area contributed by atoms with E-state index in [1.807, 2.05) is 67.5 Å². The summed E-state index contributed by atoms with van der Waals surface area (Å²) in [6, 6.07) is 17.1. The van der Waals surface area contributed by atoms with Gasteiger partial charge >= 0.3 is 0 Å². The van der Waals surface area contributed by atoms with E-state index in [4.69, 9.17) is 4.74 Å². The molecule has 3 rings (SSSR count). The largest absolute Gasteiger partial charge is 0.497 e. The standard InChI is InChI=1S/C22H22N4O2/c1-26(2)21-12-5-4-8-16(21)10-7-13-23-22(27)20-15-19(24-25-20)17-9-6-11-18(14-17)28-3/h4-6,8-9,11-12,14-15H,13H2,1-3H3,(H,23,27)(H,24,25). The Kier molecular flexibility index (Phi) is 5.97. The number of methoxy groups -OCH3 is 1. The van der Waals surface area contributed by atoms with E-state index in [0.29, 0.717) is 11.4 Å². The number of H-pyrrole nitrogens is 1. The van der Waals surface area contributed by atoms with Crippen molar-refractivity contribution < 1.29 is 9.53 Å². The van der Waals surface area contributed by atoms with Gasteiger partial charge in [0.2, 0.25) is 0 Å². The summed E-state index contributed by atoms with van der Waals surface area (Å²) in [4.78, 5) is 14.3. The van der Waals surface area contributed by atoms with Crippen molar-refractivity contribution in [2.24, 2.45) is 0 Å². The van der Waals surface area contributed by atoms with E-state index in [-0.39, 0.29) is 12.5 Å². The van der Waals surface area contributed by atoms with E-state index in [1.54, 1.807) is 13.2 Å². The van der Waals surface area contributed by atoms with Crippen LogP contribution < -0.4 is 15.0 Å². The Labute approximate surface area is 164 Å². The van der Waals surface area contributed by atoms with E-state index in [1.165, 1.54) is 0 Å². The van der Waals surface area contributed by atoms with Crippen LogP contribution in [0.4, 0.5) is 5.69 Å². The highest BCUT2D eigenvalue weighted by Crippen LogP contribution is 2.22. The van der Waals surface area contributed by atoms with Crippen LogP contribution in [0.5, 0.6) is 5.75 Å². The van der Waals surface area contributed by atoms with Crippen molar-refractivity contribution in [1.82, 2.24) is 15.5 Å². The molecule has 3 aromatic rings. The van der Waals surface area contributed by atoms with Gasteiger partial charge in [-0.3, -0.25) is 9.89 Å². The second-order valence-electron chi connectivity index (χ2n) is 6.29. The first kappa shape index (κ1) is 19.1. The highest BCUT2D eigenvalue weighted by atomic mass is 16.5. The van der Waals surface area contributed by atoms with E-state index < -0.39 is 0 Å². The predicted octanol–water partition coefficient (Wildman–Crippen LogP) is 2.93. The zero-order chi connectivity index (χ0) is 19.9. The Hall–Kier alpha value is -3.72. The summed E-state index contributed by atoms with van der Waals surface area (Å²) in [6.07, 6.45) is 0.